The molecule has 0 aromatic carbocycles. The second kappa shape index (κ2) is 5.29. The van der Waals surface area contributed by atoms with Crippen LogP contribution in [0.4, 0.5) is 5.82 Å². The van der Waals surface area contributed by atoms with Gasteiger partial charge in [0.15, 0.2) is 0 Å². The number of hydrogen-bond acceptors (Lipinski definition) is 4. The van der Waals surface area contributed by atoms with E-state index in [0.717, 1.165) is 10.0 Å². The number of pyridine rings is 1. The first-order chi connectivity index (χ1) is 6.67. The van der Waals surface area contributed by atoms with Crippen molar-refractivity contribution < 1.29 is 10.2 Å². The summed E-state index contributed by atoms with van der Waals surface area (Å²) < 4.78 is 0.938. The molecular formula is C9H13BrN2O2. The highest BCUT2D eigenvalue weighted by Gasteiger charge is 2.06. The summed E-state index contributed by atoms with van der Waals surface area (Å²) in [5.74, 6) is 0.652. The van der Waals surface area contributed by atoms with Crippen LogP contribution in [0.3, 0.4) is 0 Å². The number of aliphatic hydroxyl groups is 2. The van der Waals surface area contributed by atoms with Crippen LogP contribution in [0.1, 0.15) is 5.56 Å². The van der Waals surface area contributed by atoms with Crippen LogP contribution in [0.25, 0.3) is 0 Å². The van der Waals surface area contributed by atoms with Crippen LogP contribution < -0.4 is 5.32 Å². The second-order valence-corrected chi connectivity index (χ2v) is 3.88. The number of rotatable bonds is 4. The Kier molecular flexibility index (Phi) is 4.31. The van der Waals surface area contributed by atoms with Gasteiger partial charge in [-0.2, -0.15) is 0 Å². The van der Waals surface area contributed by atoms with Crippen molar-refractivity contribution >= 4 is 21.7 Å². The Morgan fingerprint density at radius 2 is 2.14 bits per heavy atom. The predicted octanol–water partition coefficient (Wildman–Crippen LogP) is 0.918. The number of anilines is 1. The topological polar surface area (TPSA) is 65.4 Å². The van der Waals surface area contributed by atoms with Crippen molar-refractivity contribution in [1.82, 2.24) is 4.98 Å². The highest BCUT2D eigenvalue weighted by molar-refractivity contribution is 9.10. The fourth-order valence-corrected chi connectivity index (χ4v) is 1.19. The molecule has 0 unspecified atom stereocenters. The average molecular weight is 261 g/mol. The van der Waals surface area contributed by atoms with Gasteiger partial charge in [0.2, 0.25) is 0 Å². The number of nitrogens with one attached hydrogen (secondary N) is 1. The van der Waals surface area contributed by atoms with E-state index in [4.69, 9.17) is 10.2 Å². The first-order valence-corrected chi connectivity index (χ1v) is 5.07. The van der Waals surface area contributed by atoms with Gasteiger partial charge in [-0.1, -0.05) is 0 Å². The number of halogens is 1. The molecule has 0 aliphatic heterocycles. The smallest absolute Gasteiger partial charge is 0.126 e. The van der Waals surface area contributed by atoms with E-state index >= 15 is 0 Å². The maximum atomic E-state index is 8.85. The summed E-state index contributed by atoms with van der Waals surface area (Å²) in [6, 6.07) is 1.49. The molecule has 0 atom stereocenters. The number of aromatic nitrogens is 1. The summed E-state index contributed by atoms with van der Waals surface area (Å²) in [7, 11) is 0. The fraction of sp³-hybridized carbons (Fsp3) is 0.444. The lowest BCUT2D eigenvalue weighted by Crippen LogP contribution is -2.28. The first-order valence-electron chi connectivity index (χ1n) is 4.27. The molecule has 0 aliphatic rings. The zero-order valence-corrected chi connectivity index (χ0v) is 9.45. The Balaban J connectivity index is 2.72. The van der Waals surface area contributed by atoms with Gasteiger partial charge in [0.1, 0.15) is 5.82 Å². The largest absolute Gasteiger partial charge is 0.394 e. The van der Waals surface area contributed by atoms with Gasteiger partial charge in [-0.05, 0) is 34.5 Å². The average Bonchev–Trinajstić information content (AvgIpc) is 2.19. The lowest BCUT2D eigenvalue weighted by molar-refractivity contribution is 0.203. The van der Waals surface area contributed by atoms with Crippen molar-refractivity contribution in [3.8, 4) is 0 Å². The molecule has 1 aromatic rings. The van der Waals surface area contributed by atoms with Gasteiger partial charge in [-0.15, -0.1) is 0 Å². The Labute approximate surface area is 91.1 Å². The minimum atomic E-state index is -0.358. The predicted molar refractivity (Wildman–Crippen MR) is 58.3 cm³/mol. The lowest BCUT2D eigenvalue weighted by atomic mass is 10.3. The van der Waals surface area contributed by atoms with E-state index < -0.39 is 0 Å². The lowest BCUT2D eigenvalue weighted by Gasteiger charge is -2.14. The van der Waals surface area contributed by atoms with Crippen LogP contribution in [-0.2, 0) is 0 Å². The van der Waals surface area contributed by atoms with Crippen LogP contribution in [0.5, 0.6) is 0 Å². The minimum absolute atomic E-state index is 0.118. The van der Waals surface area contributed by atoms with E-state index in [1.54, 1.807) is 6.20 Å². The molecule has 78 valence electrons. The Morgan fingerprint density at radius 3 is 2.64 bits per heavy atom. The van der Waals surface area contributed by atoms with Crippen molar-refractivity contribution in [3.63, 3.8) is 0 Å². The maximum Gasteiger partial charge on any atom is 0.126 e. The normalized spacial score (nSPS) is 10.6. The molecular weight excluding hydrogens is 248 g/mol. The number of aliphatic hydroxyl groups excluding tert-OH is 2. The van der Waals surface area contributed by atoms with E-state index in [2.05, 4.69) is 26.2 Å². The number of aryl methyl sites for hydroxylation is 1. The molecule has 4 nitrogen and oxygen atoms in total. The summed E-state index contributed by atoms with van der Waals surface area (Å²) in [5, 5.41) is 20.6. The summed E-state index contributed by atoms with van der Waals surface area (Å²) in [5.41, 5.74) is 1.05. The van der Waals surface area contributed by atoms with E-state index in [0.29, 0.717) is 5.82 Å². The van der Waals surface area contributed by atoms with Gasteiger partial charge < -0.3 is 15.5 Å². The molecule has 14 heavy (non-hydrogen) atoms. The van der Waals surface area contributed by atoms with E-state index in [-0.39, 0.29) is 19.3 Å². The van der Waals surface area contributed by atoms with Crippen molar-refractivity contribution in [3.05, 3.63) is 22.3 Å². The Morgan fingerprint density at radius 1 is 1.50 bits per heavy atom. The van der Waals surface area contributed by atoms with Gasteiger partial charge in [-0.25, -0.2) is 4.98 Å². The fourth-order valence-electron chi connectivity index (χ4n) is 0.976. The Bertz CT molecular complexity index is 303. The summed E-state index contributed by atoms with van der Waals surface area (Å²) in [6.07, 6.45) is 1.68. The molecule has 1 heterocycles. The molecule has 1 aromatic heterocycles. The second-order valence-electron chi connectivity index (χ2n) is 3.03. The van der Waals surface area contributed by atoms with Crippen LogP contribution in [0, 0.1) is 6.92 Å². The molecule has 0 radical (unpaired) electrons. The van der Waals surface area contributed by atoms with Gasteiger partial charge >= 0.3 is 0 Å². The van der Waals surface area contributed by atoms with Crippen molar-refractivity contribution in [1.29, 1.82) is 0 Å². The highest BCUT2D eigenvalue weighted by Crippen LogP contribution is 2.17. The zero-order chi connectivity index (χ0) is 10.6. The van der Waals surface area contributed by atoms with Crippen LogP contribution in [-0.4, -0.2) is 34.5 Å². The van der Waals surface area contributed by atoms with Crippen LogP contribution in [0.2, 0.25) is 0 Å². The van der Waals surface area contributed by atoms with Crippen LogP contribution in [0.15, 0.2) is 16.7 Å². The number of hydrogen-bond donors (Lipinski definition) is 3. The van der Waals surface area contributed by atoms with Crippen LogP contribution >= 0.6 is 15.9 Å². The standard InChI is InChI=1S/C9H13BrN2O2/c1-6-2-9(11-3-8(6)10)12-7(4-13)5-14/h2-3,7,13-14H,4-5H2,1H3,(H,11,12). The molecule has 1 rings (SSSR count). The molecule has 5 heteroatoms. The molecule has 0 bridgehead atoms. The van der Waals surface area contributed by atoms with Gasteiger partial charge in [0.25, 0.3) is 0 Å². The van der Waals surface area contributed by atoms with E-state index in [9.17, 15) is 0 Å². The molecule has 3 N–H and O–H groups in total. The molecule has 0 fully saturated rings. The minimum Gasteiger partial charge on any atom is -0.394 e. The molecule has 0 spiro atoms. The van der Waals surface area contributed by atoms with Gasteiger partial charge in [0, 0.05) is 10.7 Å². The summed E-state index contributed by atoms with van der Waals surface area (Å²) in [6.45, 7) is 1.71. The number of nitrogens with zero attached hydrogens (tertiary/aromatic N) is 1. The molecule has 0 amide bonds. The third kappa shape index (κ3) is 2.94. The van der Waals surface area contributed by atoms with Crippen molar-refractivity contribution in [2.75, 3.05) is 18.5 Å². The maximum absolute atomic E-state index is 8.85. The molecule has 0 saturated carbocycles. The first kappa shape index (κ1) is 11.4. The van der Waals surface area contributed by atoms with Gasteiger partial charge in [-0.3, -0.25) is 0 Å². The van der Waals surface area contributed by atoms with Crippen molar-refractivity contribution in [2.45, 2.75) is 13.0 Å². The quantitative estimate of drug-likeness (QED) is 0.754. The third-order valence-electron chi connectivity index (χ3n) is 1.84. The van der Waals surface area contributed by atoms with E-state index in [1.165, 1.54) is 0 Å². The third-order valence-corrected chi connectivity index (χ3v) is 2.67. The highest BCUT2D eigenvalue weighted by atomic mass is 79.9. The van der Waals surface area contributed by atoms with Crippen molar-refractivity contribution in [2.24, 2.45) is 0 Å². The zero-order valence-electron chi connectivity index (χ0n) is 7.87. The van der Waals surface area contributed by atoms with Gasteiger partial charge in [0.05, 0.1) is 19.3 Å². The SMILES string of the molecule is Cc1cc(NC(CO)CO)ncc1Br. The Hall–Kier alpha value is -0.650. The summed E-state index contributed by atoms with van der Waals surface area (Å²) >= 11 is 3.34. The summed E-state index contributed by atoms with van der Waals surface area (Å²) in [4.78, 5) is 4.09. The van der Waals surface area contributed by atoms with E-state index in [1.807, 2.05) is 13.0 Å². The monoisotopic (exact) mass is 260 g/mol. The molecule has 0 saturated heterocycles. The molecule has 0 aliphatic carbocycles.